The maximum absolute atomic E-state index is 5.05. The van der Waals surface area contributed by atoms with Crippen LogP contribution in [0.1, 0.15) is 5.56 Å². The fraction of sp³-hybridized carbons (Fsp3) is 0.136. The second-order valence-corrected chi connectivity index (χ2v) is 6.83. The summed E-state index contributed by atoms with van der Waals surface area (Å²) >= 11 is 0. The summed E-state index contributed by atoms with van der Waals surface area (Å²) in [5, 5.41) is 9.11. The van der Waals surface area contributed by atoms with Gasteiger partial charge in [-0.3, -0.25) is 0 Å². The summed E-state index contributed by atoms with van der Waals surface area (Å²) in [6.07, 6.45) is 6.11. The first-order valence-corrected chi connectivity index (χ1v) is 8.87. The molecule has 3 heterocycles. The maximum Gasteiger partial charge on any atom is 0.147 e. The minimum Gasteiger partial charge on any atom is -0.380 e. The minimum atomic E-state index is 0.434. The van der Waals surface area contributed by atoms with Crippen molar-refractivity contribution in [1.82, 2.24) is 15.5 Å². The molecule has 1 saturated heterocycles. The Kier molecular flexibility index (Phi) is 3.33. The van der Waals surface area contributed by atoms with E-state index in [-0.39, 0.29) is 0 Å². The fourth-order valence-electron chi connectivity index (χ4n) is 3.63. The van der Waals surface area contributed by atoms with E-state index >= 15 is 0 Å². The lowest BCUT2D eigenvalue weighted by Crippen LogP contribution is -2.55. The number of nitrogens with zero attached hydrogens (tertiary/aromatic N) is 2. The van der Waals surface area contributed by atoms with Crippen LogP contribution < -0.4 is 10.6 Å². The average molecular weight is 340 g/mol. The Labute approximate surface area is 152 Å². The van der Waals surface area contributed by atoms with Crippen molar-refractivity contribution in [3.05, 3.63) is 84.7 Å². The summed E-state index contributed by atoms with van der Waals surface area (Å²) in [5.74, 6) is 0.881. The molecule has 3 aliphatic rings. The number of allylic oxidation sites excluding steroid dienone is 2. The van der Waals surface area contributed by atoms with Gasteiger partial charge in [-0.2, -0.15) is 0 Å². The summed E-state index contributed by atoms with van der Waals surface area (Å²) in [4.78, 5) is 7.10. The molecule has 0 atom stereocenters. The quantitative estimate of drug-likeness (QED) is 0.895. The maximum atomic E-state index is 5.05. The number of hydrogen-bond donors (Lipinski definition) is 2. The molecule has 0 unspecified atom stereocenters. The average Bonchev–Trinajstić information content (AvgIpc) is 2.64. The molecule has 0 spiro atoms. The predicted octanol–water partition coefficient (Wildman–Crippen LogP) is 3.68. The van der Waals surface area contributed by atoms with Crippen molar-refractivity contribution >= 4 is 28.0 Å². The first kappa shape index (κ1) is 15.2. The fourth-order valence-corrected chi connectivity index (χ4v) is 3.63. The Hall–Kier alpha value is -3.11. The van der Waals surface area contributed by atoms with Crippen LogP contribution >= 0.6 is 0 Å². The van der Waals surface area contributed by atoms with Crippen molar-refractivity contribution in [1.29, 1.82) is 0 Å². The lowest BCUT2D eigenvalue weighted by atomic mass is 9.97. The molecular formula is C22H20N4. The number of amidine groups is 1. The molecule has 0 aromatic heterocycles. The molecule has 0 amide bonds. The Balaban J connectivity index is 1.63. The van der Waals surface area contributed by atoms with Gasteiger partial charge in [0, 0.05) is 47.2 Å². The van der Waals surface area contributed by atoms with E-state index in [0.29, 0.717) is 6.04 Å². The molecule has 4 nitrogen and oxygen atoms in total. The van der Waals surface area contributed by atoms with Gasteiger partial charge in [0.1, 0.15) is 5.84 Å². The standard InChI is InChI=1S/C22H20N4/c1-14(24-17-12-23-13-17)18-8-5-11-26-15(2)19-10-9-16-6-3-4-7-20(16)21(19)25-22(18)26/h3-11,17,23-24H,1-2,12-13H2. The first-order chi connectivity index (χ1) is 12.7. The van der Waals surface area contributed by atoms with Gasteiger partial charge in [-0.1, -0.05) is 49.6 Å². The monoisotopic (exact) mass is 340 g/mol. The molecule has 0 saturated carbocycles. The third-order valence-corrected chi connectivity index (χ3v) is 5.17. The second-order valence-electron chi connectivity index (χ2n) is 6.83. The Morgan fingerprint density at radius 1 is 1.19 bits per heavy atom. The minimum absolute atomic E-state index is 0.434. The zero-order chi connectivity index (χ0) is 17.7. The van der Waals surface area contributed by atoms with Gasteiger partial charge in [0.15, 0.2) is 0 Å². The van der Waals surface area contributed by atoms with Crippen LogP contribution in [0.25, 0.3) is 16.5 Å². The second kappa shape index (κ2) is 5.71. The van der Waals surface area contributed by atoms with E-state index in [2.05, 4.69) is 71.2 Å². The van der Waals surface area contributed by atoms with Crippen molar-refractivity contribution in [2.24, 2.45) is 4.99 Å². The van der Waals surface area contributed by atoms with Crippen molar-refractivity contribution < 1.29 is 0 Å². The third-order valence-electron chi connectivity index (χ3n) is 5.17. The van der Waals surface area contributed by atoms with Crippen molar-refractivity contribution in [2.75, 3.05) is 13.1 Å². The molecule has 2 aromatic rings. The van der Waals surface area contributed by atoms with Crippen LogP contribution in [0, 0.1) is 0 Å². The molecule has 2 N–H and O–H groups in total. The van der Waals surface area contributed by atoms with Gasteiger partial charge >= 0.3 is 0 Å². The van der Waals surface area contributed by atoms with Crippen molar-refractivity contribution in [3.8, 4) is 0 Å². The molecule has 26 heavy (non-hydrogen) atoms. The molecule has 5 rings (SSSR count). The summed E-state index contributed by atoms with van der Waals surface area (Å²) in [6, 6.07) is 13.0. The van der Waals surface area contributed by atoms with E-state index in [1.807, 2.05) is 12.3 Å². The highest BCUT2D eigenvalue weighted by atomic mass is 15.2. The number of aliphatic imine (C=N–C) groups is 1. The van der Waals surface area contributed by atoms with Crippen LogP contribution in [-0.4, -0.2) is 29.9 Å². The van der Waals surface area contributed by atoms with Gasteiger partial charge in [-0.25, -0.2) is 4.99 Å². The molecule has 4 heteroatoms. The highest BCUT2D eigenvalue weighted by Gasteiger charge is 2.29. The van der Waals surface area contributed by atoms with Gasteiger partial charge in [-0.15, -0.1) is 0 Å². The summed E-state index contributed by atoms with van der Waals surface area (Å²) in [7, 11) is 0. The van der Waals surface area contributed by atoms with Gasteiger partial charge < -0.3 is 15.5 Å². The predicted molar refractivity (Wildman–Crippen MR) is 108 cm³/mol. The van der Waals surface area contributed by atoms with Crippen LogP contribution in [0.3, 0.4) is 0 Å². The zero-order valence-corrected chi connectivity index (χ0v) is 14.5. The van der Waals surface area contributed by atoms with Gasteiger partial charge in [0.25, 0.3) is 0 Å². The molecule has 1 fully saturated rings. The van der Waals surface area contributed by atoms with Crippen LogP contribution in [0.15, 0.2) is 84.2 Å². The number of benzene rings is 2. The number of hydrogen-bond acceptors (Lipinski definition) is 4. The van der Waals surface area contributed by atoms with Gasteiger partial charge in [0.05, 0.1) is 11.7 Å². The molecule has 3 aliphatic heterocycles. The highest BCUT2D eigenvalue weighted by Crippen LogP contribution is 2.41. The number of nitrogens with one attached hydrogen (secondary N) is 2. The normalized spacial score (nSPS) is 18.6. The lowest BCUT2D eigenvalue weighted by Gasteiger charge is -2.35. The molecule has 0 bridgehead atoms. The van der Waals surface area contributed by atoms with Crippen molar-refractivity contribution in [2.45, 2.75) is 6.04 Å². The topological polar surface area (TPSA) is 39.7 Å². The van der Waals surface area contributed by atoms with Crippen LogP contribution in [0.2, 0.25) is 0 Å². The smallest absolute Gasteiger partial charge is 0.147 e. The number of fused-ring (bicyclic) bond motifs is 4. The Morgan fingerprint density at radius 2 is 2.04 bits per heavy atom. The molecule has 0 radical (unpaired) electrons. The Bertz CT molecular complexity index is 1040. The van der Waals surface area contributed by atoms with E-state index in [1.54, 1.807) is 0 Å². The molecular weight excluding hydrogens is 320 g/mol. The van der Waals surface area contributed by atoms with E-state index in [1.165, 1.54) is 5.39 Å². The van der Waals surface area contributed by atoms with E-state index in [9.17, 15) is 0 Å². The lowest BCUT2D eigenvalue weighted by molar-refractivity contribution is 0.395. The Morgan fingerprint density at radius 3 is 2.85 bits per heavy atom. The van der Waals surface area contributed by atoms with E-state index in [4.69, 9.17) is 4.99 Å². The summed E-state index contributed by atoms with van der Waals surface area (Å²) < 4.78 is 0. The summed E-state index contributed by atoms with van der Waals surface area (Å²) in [5.41, 5.74) is 4.91. The first-order valence-electron chi connectivity index (χ1n) is 8.87. The van der Waals surface area contributed by atoms with Gasteiger partial charge in [-0.05, 0) is 17.5 Å². The van der Waals surface area contributed by atoms with E-state index in [0.717, 1.165) is 52.5 Å². The largest absolute Gasteiger partial charge is 0.380 e. The van der Waals surface area contributed by atoms with Gasteiger partial charge in [0.2, 0.25) is 0 Å². The highest BCUT2D eigenvalue weighted by molar-refractivity contribution is 6.14. The summed E-state index contributed by atoms with van der Waals surface area (Å²) in [6.45, 7) is 10.5. The van der Waals surface area contributed by atoms with Crippen LogP contribution in [-0.2, 0) is 0 Å². The van der Waals surface area contributed by atoms with E-state index < -0.39 is 0 Å². The van der Waals surface area contributed by atoms with Crippen LogP contribution in [0.5, 0.6) is 0 Å². The SMILES string of the molecule is C=C(NC1CNC1)C1=CC=CN2C(=C)c3ccc4ccccc4c3N=C12. The molecule has 128 valence electrons. The third kappa shape index (κ3) is 2.23. The zero-order valence-electron chi connectivity index (χ0n) is 14.5. The van der Waals surface area contributed by atoms with Crippen LogP contribution in [0.4, 0.5) is 5.69 Å². The molecule has 2 aromatic carbocycles. The molecule has 0 aliphatic carbocycles. The number of rotatable bonds is 3. The van der Waals surface area contributed by atoms with Crippen molar-refractivity contribution in [3.63, 3.8) is 0 Å².